The predicted octanol–water partition coefficient (Wildman–Crippen LogP) is 5.69. The fraction of sp³-hybridized carbons (Fsp3) is 0.286. The lowest BCUT2D eigenvalue weighted by Crippen LogP contribution is -2.52. The number of carbonyl (C=O) groups excluding carboxylic acids is 2. The first-order valence-electron chi connectivity index (χ1n) is 11.5. The van der Waals surface area contributed by atoms with Crippen LogP contribution in [0, 0.1) is 5.82 Å². The number of hydrogen-bond donors (Lipinski definition) is 1. The third kappa shape index (κ3) is 7.52. The smallest absolute Gasteiger partial charge is 0.243 e. The third-order valence-electron chi connectivity index (χ3n) is 5.81. The Hall–Kier alpha value is -2.99. The summed E-state index contributed by atoms with van der Waals surface area (Å²) in [5, 5.41) is 3.06. The molecule has 178 valence electrons. The van der Waals surface area contributed by atoms with Gasteiger partial charge in [-0.05, 0) is 54.3 Å². The maximum absolute atomic E-state index is 13.6. The van der Waals surface area contributed by atoms with E-state index in [0.29, 0.717) is 18.5 Å². The number of nitrogens with one attached hydrogen (secondary N) is 1. The Labute approximate surface area is 209 Å². The molecule has 0 heterocycles. The summed E-state index contributed by atoms with van der Waals surface area (Å²) in [5.41, 5.74) is 2.60. The molecule has 0 aliphatic carbocycles. The first-order chi connectivity index (χ1) is 16.4. The maximum Gasteiger partial charge on any atom is 0.243 e. The Bertz CT molecular complexity index is 1070. The van der Waals surface area contributed by atoms with Gasteiger partial charge in [0.05, 0.1) is 6.42 Å². The zero-order chi connectivity index (χ0) is 24.5. The van der Waals surface area contributed by atoms with Gasteiger partial charge in [0.25, 0.3) is 0 Å². The highest BCUT2D eigenvalue weighted by atomic mass is 79.9. The number of carbonyl (C=O) groups is 2. The summed E-state index contributed by atoms with van der Waals surface area (Å²) in [6, 6.07) is 22.6. The fourth-order valence-corrected chi connectivity index (χ4v) is 3.92. The van der Waals surface area contributed by atoms with Crippen LogP contribution in [0.1, 0.15) is 37.0 Å². The molecule has 2 amide bonds. The molecule has 0 unspecified atom stereocenters. The number of amides is 2. The first kappa shape index (κ1) is 25.6. The Morgan fingerprint density at radius 1 is 0.912 bits per heavy atom. The van der Waals surface area contributed by atoms with E-state index in [0.717, 1.165) is 22.0 Å². The van der Waals surface area contributed by atoms with E-state index < -0.39 is 6.04 Å². The molecule has 0 aliphatic heterocycles. The zero-order valence-electron chi connectivity index (χ0n) is 19.5. The monoisotopic (exact) mass is 524 g/mol. The lowest BCUT2D eigenvalue weighted by Gasteiger charge is -2.32. The van der Waals surface area contributed by atoms with Crippen molar-refractivity contribution < 1.29 is 14.0 Å². The average Bonchev–Trinajstić information content (AvgIpc) is 2.84. The second kappa shape index (κ2) is 12.5. The molecule has 0 saturated carbocycles. The predicted molar refractivity (Wildman–Crippen MR) is 137 cm³/mol. The highest BCUT2D eigenvalue weighted by Gasteiger charge is 2.31. The summed E-state index contributed by atoms with van der Waals surface area (Å²) in [6.07, 6.45) is 1.27. The molecule has 0 radical (unpaired) electrons. The molecule has 0 spiro atoms. The van der Waals surface area contributed by atoms with E-state index >= 15 is 0 Å². The molecule has 3 aromatic carbocycles. The highest BCUT2D eigenvalue weighted by molar-refractivity contribution is 9.10. The second-order valence-electron chi connectivity index (χ2n) is 8.47. The molecule has 1 N–H and O–H groups in total. The molecule has 0 aliphatic rings. The van der Waals surface area contributed by atoms with Gasteiger partial charge in [0.1, 0.15) is 11.9 Å². The molecule has 3 rings (SSSR count). The van der Waals surface area contributed by atoms with Gasteiger partial charge in [0.15, 0.2) is 0 Å². The van der Waals surface area contributed by atoms with Gasteiger partial charge in [-0.25, -0.2) is 4.39 Å². The van der Waals surface area contributed by atoms with E-state index in [4.69, 9.17) is 0 Å². The SMILES string of the molecule is CC[C@H](C)NC(=O)[C@H](Cc1ccccc1)N(Cc1ccc(Br)cc1)C(=O)Cc1ccc(F)cc1. The van der Waals surface area contributed by atoms with E-state index in [1.165, 1.54) is 12.1 Å². The number of hydrogen-bond acceptors (Lipinski definition) is 2. The lowest BCUT2D eigenvalue weighted by molar-refractivity contribution is -0.141. The second-order valence-corrected chi connectivity index (χ2v) is 9.39. The summed E-state index contributed by atoms with van der Waals surface area (Å²) in [5.74, 6) is -0.713. The molecule has 0 fully saturated rings. The van der Waals surface area contributed by atoms with Crippen LogP contribution >= 0.6 is 15.9 Å². The summed E-state index contributed by atoms with van der Waals surface area (Å²) in [6.45, 7) is 4.26. The van der Waals surface area contributed by atoms with Crippen LogP contribution in [0.3, 0.4) is 0 Å². The molecular formula is C28H30BrFN2O2. The van der Waals surface area contributed by atoms with Crippen molar-refractivity contribution in [2.24, 2.45) is 0 Å². The zero-order valence-corrected chi connectivity index (χ0v) is 21.1. The van der Waals surface area contributed by atoms with Crippen molar-refractivity contribution in [2.45, 2.75) is 51.7 Å². The van der Waals surface area contributed by atoms with Crippen molar-refractivity contribution >= 4 is 27.7 Å². The van der Waals surface area contributed by atoms with Crippen molar-refractivity contribution in [2.75, 3.05) is 0 Å². The quantitative estimate of drug-likeness (QED) is 0.370. The van der Waals surface area contributed by atoms with Gasteiger partial charge in [0, 0.05) is 23.5 Å². The molecular weight excluding hydrogens is 495 g/mol. The topological polar surface area (TPSA) is 49.4 Å². The third-order valence-corrected chi connectivity index (χ3v) is 6.34. The van der Waals surface area contributed by atoms with E-state index in [1.54, 1.807) is 17.0 Å². The average molecular weight is 525 g/mol. The van der Waals surface area contributed by atoms with Crippen molar-refractivity contribution in [1.29, 1.82) is 0 Å². The maximum atomic E-state index is 13.6. The van der Waals surface area contributed by atoms with Gasteiger partial charge in [-0.3, -0.25) is 9.59 Å². The molecule has 6 heteroatoms. The van der Waals surface area contributed by atoms with Gasteiger partial charge in [0.2, 0.25) is 11.8 Å². The number of benzene rings is 3. The Morgan fingerprint density at radius 3 is 2.15 bits per heavy atom. The normalized spacial score (nSPS) is 12.6. The molecule has 3 aromatic rings. The van der Waals surface area contributed by atoms with Gasteiger partial charge >= 0.3 is 0 Å². The molecule has 2 atom stereocenters. The van der Waals surface area contributed by atoms with Crippen LogP contribution in [0.5, 0.6) is 0 Å². The van der Waals surface area contributed by atoms with E-state index in [1.807, 2.05) is 68.4 Å². The van der Waals surface area contributed by atoms with Crippen LogP contribution in [0.2, 0.25) is 0 Å². The lowest BCUT2D eigenvalue weighted by atomic mass is 10.0. The number of halogens is 2. The molecule has 0 saturated heterocycles. The number of nitrogens with zero attached hydrogens (tertiary/aromatic N) is 1. The van der Waals surface area contributed by atoms with Gasteiger partial charge in [-0.2, -0.15) is 0 Å². The minimum absolute atomic E-state index is 0.00694. The van der Waals surface area contributed by atoms with Gasteiger partial charge in [-0.1, -0.05) is 77.5 Å². The van der Waals surface area contributed by atoms with E-state index in [9.17, 15) is 14.0 Å². The van der Waals surface area contributed by atoms with E-state index in [2.05, 4.69) is 21.2 Å². The van der Waals surface area contributed by atoms with Crippen LogP contribution in [0.4, 0.5) is 4.39 Å². The summed E-state index contributed by atoms with van der Waals surface area (Å²) >= 11 is 3.45. The summed E-state index contributed by atoms with van der Waals surface area (Å²) in [7, 11) is 0. The Balaban J connectivity index is 1.95. The van der Waals surface area contributed by atoms with E-state index in [-0.39, 0.29) is 30.1 Å². The van der Waals surface area contributed by atoms with Crippen molar-refractivity contribution in [1.82, 2.24) is 10.2 Å². The summed E-state index contributed by atoms with van der Waals surface area (Å²) in [4.78, 5) is 28.7. The largest absolute Gasteiger partial charge is 0.352 e. The minimum atomic E-state index is -0.687. The fourth-order valence-electron chi connectivity index (χ4n) is 3.66. The van der Waals surface area contributed by atoms with Crippen molar-refractivity contribution in [3.63, 3.8) is 0 Å². The Morgan fingerprint density at radius 2 is 1.53 bits per heavy atom. The van der Waals surface area contributed by atoms with Gasteiger partial charge in [-0.15, -0.1) is 0 Å². The van der Waals surface area contributed by atoms with Crippen molar-refractivity contribution in [3.05, 3.63) is 106 Å². The standard InChI is InChI=1S/C28H30BrFN2O2/c1-3-20(2)31-28(34)26(17-21-7-5-4-6-8-21)32(19-23-9-13-24(29)14-10-23)27(33)18-22-11-15-25(30)16-12-22/h4-16,20,26H,3,17-19H2,1-2H3,(H,31,34)/t20-,26-/m0/s1. The first-order valence-corrected chi connectivity index (χ1v) is 12.3. The summed E-state index contributed by atoms with van der Waals surface area (Å²) < 4.78 is 14.3. The van der Waals surface area contributed by atoms with Crippen LogP contribution < -0.4 is 5.32 Å². The van der Waals surface area contributed by atoms with Crippen LogP contribution in [0.25, 0.3) is 0 Å². The molecule has 0 aromatic heterocycles. The van der Waals surface area contributed by atoms with Crippen LogP contribution in [-0.4, -0.2) is 28.8 Å². The van der Waals surface area contributed by atoms with Crippen LogP contribution in [-0.2, 0) is 29.0 Å². The minimum Gasteiger partial charge on any atom is -0.352 e. The molecule has 4 nitrogen and oxygen atoms in total. The van der Waals surface area contributed by atoms with Crippen molar-refractivity contribution in [3.8, 4) is 0 Å². The highest BCUT2D eigenvalue weighted by Crippen LogP contribution is 2.19. The Kier molecular flexibility index (Phi) is 9.40. The molecule has 34 heavy (non-hydrogen) atoms. The number of rotatable bonds is 10. The molecule has 0 bridgehead atoms. The van der Waals surface area contributed by atoms with Crippen LogP contribution in [0.15, 0.2) is 83.3 Å². The van der Waals surface area contributed by atoms with Gasteiger partial charge < -0.3 is 10.2 Å².